The smallest absolute Gasteiger partial charge is 0.407 e. The normalized spacial score (nSPS) is 14.2. The summed E-state index contributed by atoms with van der Waals surface area (Å²) in [6, 6.07) is 27.2. The topological polar surface area (TPSA) is 114 Å². The van der Waals surface area contributed by atoms with Crippen molar-refractivity contribution in [2.24, 2.45) is 0 Å². The van der Waals surface area contributed by atoms with E-state index in [2.05, 4.69) is 22.8 Å². The Balaban J connectivity index is 1.30. The molecule has 0 spiro atoms. The molecular weight excluding hydrogens is 552 g/mol. The minimum absolute atomic E-state index is 0.0876. The number of carboxylic acid groups (broad SMARTS) is 1. The Morgan fingerprint density at radius 3 is 2.12 bits per heavy atom. The third-order valence-electron chi connectivity index (χ3n) is 7.31. The fourth-order valence-electron chi connectivity index (χ4n) is 5.21. The van der Waals surface area contributed by atoms with Crippen LogP contribution < -0.4 is 10.6 Å². The molecule has 3 aromatic carbocycles. The number of hydrogen-bond donors (Lipinski definition) is 3. The molecule has 3 atom stereocenters. The molecular formula is C33H32N2O6S. The summed E-state index contributed by atoms with van der Waals surface area (Å²) in [6.45, 7) is 2.00. The number of benzene rings is 3. The van der Waals surface area contributed by atoms with Crippen LogP contribution in [0.4, 0.5) is 4.79 Å². The number of rotatable bonds is 12. The Bertz CT molecular complexity index is 1480. The molecule has 0 bridgehead atoms. The van der Waals surface area contributed by atoms with Crippen molar-refractivity contribution in [3.8, 4) is 11.1 Å². The van der Waals surface area contributed by atoms with E-state index < -0.39 is 36.2 Å². The fraction of sp³-hybridized carbons (Fsp3) is 0.242. The summed E-state index contributed by atoms with van der Waals surface area (Å²) in [5, 5.41) is 16.8. The molecule has 1 aromatic heterocycles. The van der Waals surface area contributed by atoms with Crippen LogP contribution in [0.1, 0.15) is 46.9 Å². The van der Waals surface area contributed by atoms with E-state index in [4.69, 9.17) is 9.47 Å². The maximum absolute atomic E-state index is 13.6. The average Bonchev–Trinajstić information content (AvgIpc) is 3.65. The largest absolute Gasteiger partial charge is 0.481 e. The molecule has 9 heteroatoms. The molecule has 2 amide bonds. The van der Waals surface area contributed by atoms with Gasteiger partial charge < -0.3 is 25.2 Å². The number of alkyl carbamates (subject to hydrolysis) is 1. The standard InChI is InChI=1S/C33H32N2O6S/c1-21(40-19-22-10-3-2-4-11-22)31(32(38)34-28(18-30(36)37)29-16-9-17-42-29)35-33(39)41-20-27-25-14-7-5-12-23(25)24-13-6-8-15-26(24)27/h2-17,21,27-28,31H,18-20H2,1H3,(H,34,38)(H,35,39)(H,36,37). The van der Waals surface area contributed by atoms with Crippen molar-refractivity contribution in [1.29, 1.82) is 0 Å². The maximum Gasteiger partial charge on any atom is 0.407 e. The van der Waals surface area contributed by atoms with Gasteiger partial charge in [0.1, 0.15) is 12.6 Å². The zero-order chi connectivity index (χ0) is 29.5. The van der Waals surface area contributed by atoms with Gasteiger partial charge >= 0.3 is 12.1 Å². The Labute approximate surface area is 248 Å². The minimum Gasteiger partial charge on any atom is -0.481 e. The second-order valence-corrected chi connectivity index (χ2v) is 11.1. The first-order valence-electron chi connectivity index (χ1n) is 13.7. The number of carbonyl (C=O) groups is 3. The van der Waals surface area contributed by atoms with Crippen molar-refractivity contribution in [1.82, 2.24) is 10.6 Å². The van der Waals surface area contributed by atoms with Crippen molar-refractivity contribution < 1.29 is 29.0 Å². The number of ether oxygens (including phenoxy) is 2. The summed E-state index contributed by atoms with van der Waals surface area (Å²) in [6.07, 6.45) is -1.82. The lowest BCUT2D eigenvalue weighted by atomic mass is 9.98. The number of thiophene rings is 1. The van der Waals surface area contributed by atoms with Crippen LogP contribution in [0, 0.1) is 0 Å². The van der Waals surface area contributed by atoms with Gasteiger partial charge in [0.05, 0.1) is 25.2 Å². The SMILES string of the molecule is CC(OCc1ccccc1)C(NC(=O)OCC1c2ccccc2-c2ccccc21)C(=O)NC(CC(=O)O)c1cccs1. The van der Waals surface area contributed by atoms with Gasteiger partial charge in [-0.25, -0.2) is 4.79 Å². The van der Waals surface area contributed by atoms with Crippen LogP contribution in [0.15, 0.2) is 96.4 Å². The molecule has 0 saturated heterocycles. The van der Waals surface area contributed by atoms with Gasteiger partial charge in [0.25, 0.3) is 0 Å². The number of aliphatic carboxylic acids is 1. The Hall–Kier alpha value is -4.47. The first-order valence-corrected chi connectivity index (χ1v) is 14.6. The van der Waals surface area contributed by atoms with E-state index in [0.29, 0.717) is 4.88 Å². The monoisotopic (exact) mass is 584 g/mol. The predicted octanol–water partition coefficient (Wildman–Crippen LogP) is 5.89. The van der Waals surface area contributed by atoms with Crippen molar-refractivity contribution in [2.75, 3.05) is 6.61 Å². The van der Waals surface area contributed by atoms with Crippen LogP contribution in [0.5, 0.6) is 0 Å². The van der Waals surface area contributed by atoms with Gasteiger partial charge in [-0.2, -0.15) is 0 Å². The number of nitrogens with one attached hydrogen (secondary N) is 2. The Kier molecular flexibility index (Phi) is 9.31. The molecule has 0 fully saturated rings. The lowest BCUT2D eigenvalue weighted by Gasteiger charge is -2.27. The second kappa shape index (κ2) is 13.5. The lowest BCUT2D eigenvalue weighted by molar-refractivity contribution is -0.138. The molecule has 4 aromatic rings. The first-order chi connectivity index (χ1) is 20.4. The van der Waals surface area contributed by atoms with Gasteiger partial charge in [0, 0.05) is 10.8 Å². The van der Waals surface area contributed by atoms with E-state index in [0.717, 1.165) is 27.8 Å². The highest BCUT2D eigenvalue weighted by Crippen LogP contribution is 2.44. The molecule has 216 valence electrons. The average molecular weight is 585 g/mol. The molecule has 3 unspecified atom stereocenters. The third-order valence-corrected chi connectivity index (χ3v) is 8.29. The molecule has 1 heterocycles. The lowest BCUT2D eigenvalue weighted by Crippen LogP contribution is -2.54. The van der Waals surface area contributed by atoms with Gasteiger partial charge in [-0.05, 0) is 46.2 Å². The second-order valence-electron chi connectivity index (χ2n) is 10.1. The zero-order valence-corrected chi connectivity index (χ0v) is 23.9. The van der Waals surface area contributed by atoms with Crippen LogP contribution in [0.3, 0.4) is 0 Å². The molecule has 0 aliphatic heterocycles. The molecule has 3 N–H and O–H groups in total. The quantitative estimate of drug-likeness (QED) is 0.191. The van der Waals surface area contributed by atoms with Crippen molar-refractivity contribution >= 4 is 29.3 Å². The predicted molar refractivity (Wildman–Crippen MR) is 160 cm³/mol. The van der Waals surface area contributed by atoms with Crippen LogP contribution >= 0.6 is 11.3 Å². The number of carboxylic acids is 1. The number of fused-ring (bicyclic) bond motifs is 3. The molecule has 5 rings (SSSR count). The van der Waals surface area contributed by atoms with Gasteiger partial charge in [-0.1, -0.05) is 84.9 Å². The van der Waals surface area contributed by atoms with Gasteiger partial charge in [0.15, 0.2) is 0 Å². The molecule has 8 nitrogen and oxygen atoms in total. The number of hydrogen-bond acceptors (Lipinski definition) is 6. The summed E-state index contributed by atoms with van der Waals surface area (Å²) in [7, 11) is 0. The van der Waals surface area contributed by atoms with Gasteiger partial charge in [-0.15, -0.1) is 11.3 Å². The highest BCUT2D eigenvalue weighted by molar-refractivity contribution is 7.10. The van der Waals surface area contributed by atoms with E-state index in [-0.39, 0.29) is 25.6 Å². The first kappa shape index (κ1) is 29.0. The minimum atomic E-state index is -1.14. The van der Waals surface area contributed by atoms with Crippen LogP contribution in [-0.2, 0) is 25.7 Å². The zero-order valence-electron chi connectivity index (χ0n) is 23.1. The van der Waals surface area contributed by atoms with Gasteiger partial charge in [0.2, 0.25) is 5.91 Å². The molecule has 0 saturated carbocycles. The Morgan fingerprint density at radius 1 is 0.857 bits per heavy atom. The highest BCUT2D eigenvalue weighted by atomic mass is 32.1. The molecule has 1 aliphatic carbocycles. The molecule has 0 radical (unpaired) electrons. The number of amides is 2. The van der Waals surface area contributed by atoms with Gasteiger partial charge in [-0.3, -0.25) is 9.59 Å². The van der Waals surface area contributed by atoms with Crippen LogP contribution in [-0.4, -0.2) is 41.8 Å². The summed E-state index contributed by atoms with van der Waals surface area (Å²) in [5.41, 5.74) is 5.29. The molecule has 42 heavy (non-hydrogen) atoms. The fourth-order valence-corrected chi connectivity index (χ4v) is 5.99. The molecule has 1 aliphatic rings. The summed E-state index contributed by atoms with van der Waals surface area (Å²) < 4.78 is 11.7. The van der Waals surface area contributed by atoms with Crippen molar-refractivity contribution in [3.05, 3.63) is 118 Å². The van der Waals surface area contributed by atoms with Crippen LogP contribution in [0.25, 0.3) is 11.1 Å². The van der Waals surface area contributed by atoms with E-state index >= 15 is 0 Å². The van der Waals surface area contributed by atoms with E-state index in [9.17, 15) is 19.5 Å². The Morgan fingerprint density at radius 2 is 1.50 bits per heavy atom. The highest BCUT2D eigenvalue weighted by Gasteiger charge is 2.33. The van der Waals surface area contributed by atoms with Crippen molar-refractivity contribution in [3.63, 3.8) is 0 Å². The summed E-state index contributed by atoms with van der Waals surface area (Å²) >= 11 is 1.35. The van der Waals surface area contributed by atoms with Crippen molar-refractivity contribution in [2.45, 2.75) is 44.1 Å². The number of carbonyl (C=O) groups excluding carboxylic acids is 2. The summed E-state index contributed by atoms with van der Waals surface area (Å²) in [4.78, 5) is 39.0. The third kappa shape index (κ3) is 6.87. The van der Waals surface area contributed by atoms with E-state index in [1.54, 1.807) is 19.1 Å². The maximum atomic E-state index is 13.6. The van der Waals surface area contributed by atoms with Crippen LogP contribution in [0.2, 0.25) is 0 Å². The van der Waals surface area contributed by atoms with E-state index in [1.165, 1.54) is 11.3 Å². The summed E-state index contributed by atoms with van der Waals surface area (Å²) in [5.74, 6) is -1.76. The van der Waals surface area contributed by atoms with E-state index in [1.807, 2.05) is 72.1 Å².